The Morgan fingerprint density at radius 3 is 2.15 bits per heavy atom. The van der Waals surface area contributed by atoms with Crippen LogP contribution >= 0.6 is 0 Å². The maximum absolute atomic E-state index is 6.15. The van der Waals surface area contributed by atoms with E-state index in [1.807, 2.05) is 0 Å². The van der Waals surface area contributed by atoms with Gasteiger partial charge in [0.25, 0.3) is 0 Å². The Balaban J connectivity index is 0.000000595. The minimum Gasteiger partial charge on any atom is -0.416 e. The molecule has 0 fully saturated rings. The summed E-state index contributed by atoms with van der Waals surface area (Å²) in [6, 6.07) is 0. The molecule has 1 rings (SSSR count). The molecule has 4 heteroatoms. The molecule has 1 aromatic heterocycles. The first-order chi connectivity index (χ1) is 9.02. The minimum atomic E-state index is -1.61. The summed E-state index contributed by atoms with van der Waals surface area (Å²) in [5.74, 6) is 2.72. The van der Waals surface area contributed by atoms with E-state index < -0.39 is 8.32 Å². The molecule has 0 aliphatic carbocycles. The maximum Gasteiger partial charge on any atom is 0.192 e. The summed E-state index contributed by atoms with van der Waals surface area (Å²) in [4.78, 5) is 6.42. The summed E-state index contributed by atoms with van der Waals surface area (Å²) in [6.45, 7) is 16.4. The number of H-pyrrole nitrogens is 1. The van der Waals surface area contributed by atoms with E-state index in [4.69, 9.17) is 10.8 Å². The van der Waals surface area contributed by atoms with Crippen LogP contribution < -0.4 is 0 Å². The predicted molar refractivity (Wildman–Crippen MR) is 89.0 cm³/mol. The predicted octanol–water partition coefficient (Wildman–Crippen LogP) is 4.47. The highest BCUT2D eigenvalue weighted by Gasteiger charge is 2.38. The third-order valence-electron chi connectivity index (χ3n) is 3.62. The Labute approximate surface area is 125 Å². The van der Waals surface area contributed by atoms with E-state index in [2.05, 4.69) is 63.6 Å². The molecule has 0 atom stereocenters. The molecular formula is C16H30N2OSi. The van der Waals surface area contributed by atoms with Gasteiger partial charge in [-0.3, -0.25) is 0 Å². The molecule has 0 saturated heterocycles. The zero-order chi connectivity index (χ0) is 15.9. The Morgan fingerprint density at radius 2 is 1.85 bits per heavy atom. The summed E-state index contributed by atoms with van der Waals surface area (Å²) >= 11 is 0. The van der Waals surface area contributed by atoms with Crippen LogP contribution in [0.15, 0.2) is 18.7 Å². The molecule has 0 spiro atoms. The number of nitrogens with one attached hydrogen (secondary N) is 1. The van der Waals surface area contributed by atoms with Gasteiger partial charge in [0.15, 0.2) is 8.32 Å². The fourth-order valence-corrected chi connectivity index (χ4v) is 2.32. The lowest BCUT2D eigenvalue weighted by Crippen LogP contribution is -2.43. The monoisotopic (exact) mass is 294 g/mol. The molecule has 0 saturated carbocycles. The van der Waals surface area contributed by atoms with E-state index in [0.29, 0.717) is 0 Å². The van der Waals surface area contributed by atoms with Gasteiger partial charge < -0.3 is 9.41 Å². The third-order valence-corrected chi connectivity index (χ3v) is 8.09. The number of hydrogen-bond donors (Lipinski definition) is 1. The maximum atomic E-state index is 6.15. The lowest BCUT2D eigenvalue weighted by Gasteiger charge is -2.38. The van der Waals surface area contributed by atoms with Gasteiger partial charge in [-0.1, -0.05) is 34.6 Å². The van der Waals surface area contributed by atoms with Gasteiger partial charge in [-0.15, -0.1) is 12.3 Å². The van der Waals surface area contributed by atoms with Crippen molar-refractivity contribution in [2.45, 2.75) is 59.2 Å². The quantitative estimate of drug-likeness (QED) is 0.657. The van der Waals surface area contributed by atoms with E-state index in [-0.39, 0.29) is 10.5 Å². The van der Waals surface area contributed by atoms with Gasteiger partial charge in [-0.25, -0.2) is 4.98 Å². The number of terminal acetylenes is 1. The van der Waals surface area contributed by atoms with Gasteiger partial charge >= 0.3 is 0 Å². The highest BCUT2D eigenvalue weighted by Crippen LogP contribution is 2.37. The molecule has 114 valence electrons. The number of aromatic nitrogens is 2. The molecule has 0 radical (unpaired) electrons. The fraction of sp³-hybridized carbons (Fsp3) is 0.688. The summed E-state index contributed by atoms with van der Waals surface area (Å²) in [6.07, 6.45) is 11.2. The molecule has 20 heavy (non-hydrogen) atoms. The van der Waals surface area contributed by atoms with Crippen LogP contribution in [0.3, 0.4) is 0 Å². The molecule has 3 nitrogen and oxygen atoms in total. The second kappa shape index (κ2) is 7.66. The van der Waals surface area contributed by atoms with Crippen LogP contribution in [-0.4, -0.2) is 24.9 Å². The highest BCUT2D eigenvalue weighted by molar-refractivity contribution is 6.74. The molecule has 0 unspecified atom stereocenters. The van der Waals surface area contributed by atoms with Crippen LogP contribution in [-0.2, 0) is 4.43 Å². The number of aromatic amines is 1. The molecular weight excluding hydrogens is 264 g/mol. The molecule has 1 aromatic rings. The zero-order valence-electron chi connectivity index (χ0n) is 14.1. The molecule has 0 aromatic carbocycles. The second-order valence-corrected chi connectivity index (χ2v) is 12.2. The van der Waals surface area contributed by atoms with Crippen LogP contribution in [0.4, 0.5) is 0 Å². The van der Waals surface area contributed by atoms with E-state index in [1.165, 1.54) is 0 Å². The van der Waals surface area contributed by atoms with Gasteiger partial charge in [0.2, 0.25) is 0 Å². The first-order valence-electron chi connectivity index (χ1n) is 7.02. The van der Waals surface area contributed by atoms with Crippen molar-refractivity contribution in [2.24, 2.45) is 5.41 Å². The largest absolute Gasteiger partial charge is 0.416 e. The summed E-state index contributed by atoms with van der Waals surface area (Å²) in [5.41, 5.74) is 0.101. The zero-order valence-corrected chi connectivity index (χ0v) is 15.1. The number of nitrogens with zero attached hydrogens (tertiary/aromatic N) is 1. The standard InChI is InChI=1S/C13H26OSi.C3H4N2/c1-9-10-13(5,6)11-14-15(7,8)12(2,3)4;1-2-5-3-4-1/h1H,10-11H2,2-8H3;1-3H,(H,4,5). The van der Waals surface area contributed by atoms with Crippen molar-refractivity contribution in [1.29, 1.82) is 0 Å². The van der Waals surface area contributed by atoms with E-state index >= 15 is 0 Å². The first kappa shape index (κ1) is 18.9. The van der Waals surface area contributed by atoms with Crippen molar-refractivity contribution < 1.29 is 4.43 Å². The van der Waals surface area contributed by atoms with Crippen LogP contribution in [0.2, 0.25) is 18.1 Å². The molecule has 1 heterocycles. The van der Waals surface area contributed by atoms with E-state index in [9.17, 15) is 0 Å². The van der Waals surface area contributed by atoms with Gasteiger partial charge in [-0.2, -0.15) is 0 Å². The summed E-state index contributed by atoms with van der Waals surface area (Å²) in [5, 5.41) is 0.277. The van der Waals surface area contributed by atoms with Crippen molar-refractivity contribution in [3.8, 4) is 12.3 Å². The Morgan fingerprint density at radius 1 is 1.25 bits per heavy atom. The van der Waals surface area contributed by atoms with Gasteiger partial charge in [0, 0.05) is 25.4 Å². The van der Waals surface area contributed by atoms with E-state index in [0.717, 1.165) is 13.0 Å². The Hall–Kier alpha value is -1.05. The number of hydrogen-bond acceptors (Lipinski definition) is 2. The van der Waals surface area contributed by atoms with Gasteiger partial charge in [0.1, 0.15) is 0 Å². The molecule has 0 amide bonds. The molecule has 0 aliphatic heterocycles. The van der Waals surface area contributed by atoms with Crippen molar-refractivity contribution in [1.82, 2.24) is 9.97 Å². The average Bonchev–Trinajstić information content (AvgIpc) is 2.83. The third kappa shape index (κ3) is 7.52. The average molecular weight is 295 g/mol. The molecule has 1 N–H and O–H groups in total. The van der Waals surface area contributed by atoms with Crippen molar-refractivity contribution in [2.75, 3.05) is 6.61 Å². The van der Waals surface area contributed by atoms with Crippen LogP contribution in [0, 0.1) is 17.8 Å². The van der Waals surface area contributed by atoms with Crippen molar-refractivity contribution in [3.05, 3.63) is 18.7 Å². The second-order valence-electron chi connectivity index (χ2n) is 7.35. The normalized spacial score (nSPS) is 12.3. The number of imidazole rings is 1. The van der Waals surface area contributed by atoms with Gasteiger partial charge in [0.05, 0.1) is 6.33 Å². The Kier molecular flexibility index (Phi) is 7.25. The lowest BCUT2D eigenvalue weighted by atomic mass is 9.91. The Bertz CT molecular complexity index is 380. The first-order valence-corrected chi connectivity index (χ1v) is 9.93. The van der Waals surface area contributed by atoms with Crippen molar-refractivity contribution >= 4 is 8.32 Å². The van der Waals surface area contributed by atoms with E-state index in [1.54, 1.807) is 18.7 Å². The van der Waals surface area contributed by atoms with Crippen LogP contribution in [0.25, 0.3) is 0 Å². The summed E-state index contributed by atoms with van der Waals surface area (Å²) < 4.78 is 6.15. The topological polar surface area (TPSA) is 37.9 Å². The van der Waals surface area contributed by atoms with Gasteiger partial charge in [-0.05, 0) is 23.5 Å². The van der Waals surface area contributed by atoms with Crippen LogP contribution in [0.5, 0.6) is 0 Å². The SMILES string of the molecule is C#CCC(C)(C)CO[Si](C)(C)C(C)(C)C.c1c[nH]cn1. The smallest absolute Gasteiger partial charge is 0.192 e. The highest BCUT2D eigenvalue weighted by atomic mass is 28.4. The number of rotatable bonds is 4. The molecule has 0 bridgehead atoms. The summed E-state index contributed by atoms with van der Waals surface area (Å²) in [7, 11) is -1.61. The lowest BCUT2D eigenvalue weighted by molar-refractivity contribution is 0.169. The van der Waals surface area contributed by atoms with Crippen LogP contribution in [0.1, 0.15) is 41.0 Å². The van der Waals surface area contributed by atoms with Crippen molar-refractivity contribution in [3.63, 3.8) is 0 Å². The minimum absolute atomic E-state index is 0.101. The molecule has 0 aliphatic rings. The fourth-order valence-electron chi connectivity index (χ4n) is 1.13.